The van der Waals surface area contributed by atoms with Crippen molar-refractivity contribution in [3.05, 3.63) is 12.4 Å². The van der Waals surface area contributed by atoms with Gasteiger partial charge < -0.3 is 14.9 Å². The number of carboxylic acids is 1. The van der Waals surface area contributed by atoms with Gasteiger partial charge in [0.2, 0.25) is 11.8 Å². The van der Waals surface area contributed by atoms with Gasteiger partial charge in [0.15, 0.2) is 0 Å². The molecule has 112 valence electrons. The quantitative estimate of drug-likeness (QED) is 0.805. The van der Waals surface area contributed by atoms with Gasteiger partial charge in [0.25, 0.3) is 0 Å². The van der Waals surface area contributed by atoms with Crippen LogP contribution in [0.5, 0.6) is 0 Å². The maximum absolute atomic E-state index is 12.5. The zero-order chi connectivity index (χ0) is 15.0. The number of rotatable bonds is 3. The summed E-state index contributed by atoms with van der Waals surface area (Å²) in [5.41, 5.74) is 0.631. The predicted octanol–water partition coefficient (Wildman–Crippen LogP) is -0.162. The molecule has 21 heavy (non-hydrogen) atoms. The van der Waals surface area contributed by atoms with Gasteiger partial charge in [-0.3, -0.25) is 14.7 Å². The van der Waals surface area contributed by atoms with E-state index in [0.717, 1.165) is 0 Å². The molecule has 3 heterocycles. The van der Waals surface area contributed by atoms with Crippen molar-refractivity contribution < 1.29 is 19.5 Å². The zero-order valence-corrected chi connectivity index (χ0v) is 11.4. The SMILES string of the molecule is O=C(O)[C@H]1CCCN1C(=O)[C@H]1CC(=O)N(c2cn[nH]c2)C1. The van der Waals surface area contributed by atoms with Crippen LogP contribution in [0.3, 0.4) is 0 Å². The highest BCUT2D eigenvalue weighted by molar-refractivity contribution is 6.00. The second-order valence-corrected chi connectivity index (χ2v) is 5.39. The summed E-state index contributed by atoms with van der Waals surface area (Å²) in [4.78, 5) is 38.6. The third-order valence-corrected chi connectivity index (χ3v) is 4.09. The van der Waals surface area contributed by atoms with Crippen LogP contribution in [0.25, 0.3) is 0 Å². The highest BCUT2D eigenvalue weighted by Gasteiger charge is 2.42. The van der Waals surface area contributed by atoms with Crippen LogP contribution < -0.4 is 4.90 Å². The van der Waals surface area contributed by atoms with Gasteiger partial charge in [0, 0.05) is 25.7 Å². The molecule has 0 aromatic carbocycles. The Morgan fingerprint density at radius 2 is 2.24 bits per heavy atom. The van der Waals surface area contributed by atoms with E-state index in [1.54, 1.807) is 6.20 Å². The van der Waals surface area contributed by atoms with E-state index < -0.39 is 17.9 Å². The summed E-state index contributed by atoms with van der Waals surface area (Å²) in [5, 5.41) is 15.6. The number of nitrogens with zero attached hydrogens (tertiary/aromatic N) is 3. The number of anilines is 1. The minimum absolute atomic E-state index is 0.118. The fourth-order valence-electron chi connectivity index (χ4n) is 3.04. The molecule has 1 aromatic heterocycles. The van der Waals surface area contributed by atoms with Crippen molar-refractivity contribution >= 4 is 23.5 Å². The van der Waals surface area contributed by atoms with E-state index in [1.165, 1.54) is 16.0 Å². The largest absolute Gasteiger partial charge is 0.480 e. The van der Waals surface area contributed by atoms with Crippen molar-refractivity contribution in [2.45, 2.75) is 25.3 Å². The second-order valence-electron chi connectivity index (χ2n) is 5.39. The lowest BCUT2D eigenvalue weighted by Crippen LogP contribution is -2.44. The normalized spacial score (nSPS) is 25.6. The molecule has 1 aromatic rings. The number of amides is 2. The molecule has 0 aliphatic carbocycles. The minimum Gasteiger partial charge on any atom is -0.480 e. The Balaban J connectivity index is 1.72. The van der Waals surface area contributed by atoms with Crippen molar-refractivity contribution in [3.8, 4) is 0 Å². The smallest absolute Gasteiger partial charge is 0.326 e. The molecule has 8 heteroatoms. The first-order chi connectivity index (χ1) is 10.1. The number of carboxylic acid groups (broad SMARTS) is 1. The number of carbonyl (C=O) groups is 3. The van der Waals surface area contributed by atoms with Gasteiger partial charge >= 0.3 is 5.97 Å². The number of hydrogen-bond donors (Lipinski definition) is 2. The molecule has 2 aliphatic heterocycles. The van der Waals surface area contributed by atoms with Gasteiger partial charge in [0.05, 0.1) is 17.8 Å². The van der Waals surface area contributed by atoms with E-state index >= 15 is 0 Å². The van der Waals surface area contributed by atoms with Crippen LogP contribution in [0.4, 0.5) is 5.69 Å². The summed E-state index contributed by atoms with van der Waals surface area (Å²) in [5.74, 6) is -1.83. The van der Waals surface area contributed by atoms with Gasteiger partial charge in [-0.25, -0.2) is 4.79 Å². The lowest BCUT2D eigenvalue weighted by atomic mass is 10.1. The third-order valence-electron chi connectivity index (χ3n) is 4.09. The lowest BCUT2D eigenvalue weighted by molar-refractivity contribution is -0.149. The molecule has 2 saturated heterocycles. The summed E-state index contributed by atoms with van der Waals surface area (Å²) in [7, 11) is 0. The van der Waals surface area contributed by atoms with Crippen molar-refractivity contribution in [3.63, 3.8) is 0 Å². The summed E-state index contributed by atoms with van der Waals surface area (Å²) in [6, 6.07) is -0.754. The molecule has 2 atom stereocenters. The molecule has 0 radical (unpaired) electrons. The highest BCUT2D eigenvalue weighted by atomic mass is 16.4. The van der Waals surface area contributed by atoms with Crippen LogP contribution in [-0.2, 0) is 14.4 Å². The summed E-state index contributed by atoms with van der Waals surface area (Å²) < 4.78 is 0. The first kappa shape index (κ1) is 13.6. The Hall–Kier alpha value is -2.38. The van der Waals surface area contributed by atoms with Gasteiger partial charge in [-0.2, -0.15) is 5.10 Å². The topological polar surface area (TPSA) is 107 Å². The summed E-state index contributed by atoms with van der Waals surface area (Å²) >= 11 is 0. The maximum Gasteiger partial charge on any atom is 0.326 e. The van der Waals surface area contributed by atoms with Crippen LogP contribution in [0.1, 0.15) is 19.3 Å². The Labute approximate surface area is 120 Å². The van der Waals surface area contributed by atoms with Crippen LogP contribution in [0, 0.1) is 5.92 Å². The van der Waals surface area contributed by atoms with Gasteiger partial charge in [-0.15, -0.1) is 0 Å². The van der Waals surface area contributed by atoms with Gasteiger partial charge in [0.1, 0.15) is 6.04 Å². The Bertz CT molecular complexity index is 571. The average molecular weight is 292 g/mol. The van der Waals surface area contributed by atoms with E-state index in [2.05, 4.69) is 10.2 Å². The zero-order valence-electron chi connectivity index (χ0n) is 11.4. The number of aromatic nitrogens is 2. The van der Waals surface area contributed by atoms with Gasteiger partial charge in [-0.05, 0) is 12.8 Å². The molecule has 2 fully saturated rings. The molecule has 0 bridgehead atoms. The molecular weight excluding hydrogens is 276 g/mol. The maximum atomic E-state index is 12.5. The van der Waals surface area contributed by atoms with E-state index in [-0.39, 0.29) is 24.8 Å². The molecule has 0 saturated carbocycles. The molecule has 2 N–H and O–H groups in total. The van der Waals surface area contributed by atoms with E-state index in [9.17, 15) is 14.4 Å². The first-order valence-corrected chi connectivity index (χ1v) is 6.90. The summed E-state index contributed by atoms with van der Waals surface area (Å²) in [6.07, 6.45) is 4.41. The van der Waals surface area contributed by atoms with Crippen molar-refractivity contribution in [2.24, 2.45) is 5.92 Å². The Morgan fingerprint density at radius 3 is 2.90 bits per heavy atom. The highest BCUT2D eigenvalue weighted by Crippen LogP contribution is 2.28. The molecule has 3 rings (SSSR count). The van der Waals surface area contributed by atoms with Crippen molar-refractivity contribution in [1.29, 1.82) is 0 Å². The van der Waals surface area contributed by atoms with E-state index in [4.69, 9.17) is 5.11 Å². The number of nitrogens with one attached hydrogen (secondary N) is 1. The number of carbonyl (C=O) groups excluding carboxylic acids is 2. The third kappa shape index (κ3) is 2.37. The van der Waals surface area contributed by atoms with Crippen LogP contribution in [-0.4, -0.2) is 57.1 Å². The summed E-state index contributed by atoms with van der Waals surface area (Å²) in [6.45, 7) is 0.728. The lowest BCUT2D eigenvalue weighted by Gasteiger charge is -2.24. The average Bonchev–Trinajstić information content (AvgIpc) is 3.17. The number of aliphatic carboxylic acids is 1. The van der Waals surface area contributed by atoms with E-state index in [1.807, 2.05) is 0 Å². The van der Waals surface area contributed by atoms with Crippen molar-refractivity contribution in [1.82, 2.24) is 15.1 Å². The van der Waals surface area contributed by atoms with Crippen molar-refractivity contribution in [2.75, 3.05) is 18.0 Å². The fraction of sp³-hybridized carbons (Fsp3) is 0.538. The van der Waals surface area contributed by atoms with Gasteiger partial charge in [-0.1, -0.05) is 0 Å². The Morgan fingerprint density at radius 1 is 1.43 bits per heavy atom. The number of hydrogen-bond acceptors (Lipinski definition) is 4. The van der Waals surface area contributed by atoms with Crippen LogP contribution in [0.2, 0.25) is 0 Å². The number of aromatic amines is 1. The molecule has 0 unspecified atom stereocenters. The Kier molecular flexibility index (Phi) is 3.36. The fourth-order valence-corrected chi connectivity index (χ4v) is 3.04. The monoisotopic (exact) mass is 292 g/mol. The molecule has 8 nitrogen and oxygen atoms in total. The molecular formula is C13H16N4O4. The van der Waals surface area contributed by atoms with Crippen LogP contribution in [0.15, 0.2) is 12.4 Å². The standard InChI is InChI=1S/C13H16N4O4/c18-11-4-8(7-17(11)9-5-14-15-6-9)12(19)16-3-1-2-10(16)13(20)21/h5-6,8,10H,1-4,7H2,(H,14,15)(H,20,21)/t8-,10+/m0/s1. The molecule has 0 spiro atoms. The predicted molar refractivity (Wildman–Crippen MR) is 71.4 cm³/mol. The minimum atomic E-state index is -0.975. The number of H-pyrrole nitrogens is 1. The second kappa shape index (κ2) is 5.19. The molecule has 2 aliphatic rings. The first-order valence-electron chi connectivity index (χ1n) is 6.90. The van der Waals surface area contributed by atoms with E-state index in [0.29, 0.717) is 25.1 Å². The number of likely N-dealkylation sites (tertiary alicyclic amines) is 1. The molecule has 2 amide bonds. The van der Waals surface area contributed by atoms with Crippen LogP contribution >= 0.6 is 0 Å².